The van der Waals surface area contributed by atoms with Crippen molar-refractivity contribution in [1.82, 2.24) is 5.32 Å². The summed E-state index contributed by atoms with van der Waals surface area (Å²) in [7, 11) is -3.46. The SMILES string of the molecule is CCC1CCC(NC(=O)c2ccc(C)c(S(C)(=O)=O)c2)(C(=O)O)CC1. The zero-order valence-electron chi connectivity index (χ0n) is 14.8. The number of aryl methyl sites for hydroxylation is 1. The Balaban J connectivity index is 2.27. The maximum Gasteiger partial charge on any atom is 0.329 e. The molecule has 6 nitrogen and oxygen atoms in total. The molecule has 7 heteroatoms. The van der Waals surface area contributed by atoms with Crippen molar-refractivity contribution in [2.24, 2.45) is 5.92 Å². The van der Waals surface area contributed by atoms with Crippen LogP contribution in [0.5, 0.6) is 0 Å². The number of carboxylic acid groups (broad SMARTS) is 1. The van der Waals surface area contributed by atoms with Crippen LogP contribution in [0.4, 0.5) is 0 Å². The lowest BCUT2D eigenvalue weighted by molar-refractivity contribution is -0.146. The monoisotopic (exact) mass is 367 g/mol. The van der Waals surface area contributed by atoms with E-state index in [1.165, 1.54) is 12.1 Å². The van der Waals surface area contributed by atoms with Gasteiger partial charge in [0.15, 0.2) is 9.84 Å². The second kappa shape index (κ2) is 7.15. The largest absolute Gasteiger partial charge is 0.480 e. The predicted molar refractivity (Wildman–Crippen MR) is 94.4 cm³/mol. The summed E-state index contributed by atoms with van der Waals surface area (Å²) in [4.78, 5) is 24.5. The van der Waals surface area contributed by atoms with Crippen LogP contribution in [-0.4, -0.2) is 37.2 Å². The topological polar surface area (TPSA) is 101 Å². The molecule has 0 bridgehead atoms. The van der Waals surface area contributed by atoms with Gasteiger partial charge in [-0.05, 0) is 56.2 Å². The van der Waals surface area contributed by atoms with Crippen molar-refractivity contribution in [1.29, 1.82) is 0 Å². The van der Waals surface area contributed by atoms with Crippen LogP contribution >= 0.6 is 0 Å². The molecule has 1 aliphatic carbocycles. The molecule has 1 aliphatic rings. The van der Waals surface area contributed by atoms with Gasteiger partial charge in [0.1, 0.15) is 5.54 Å². The van der Waals surface area contributed by atoms with Gasteiger partial charge in [0, 0.05) is 11.8 Å². The third-order valence-corrected chi connectivity index (χ3v) is 6.39. The lowest BCUT2D eigenvalue weighted by atomic mass is 9.75. The van der Waals surface area contributed by atoms with Crippen LogP contribution < -0.4 is 5.32 Å². The van der Waals surface area contributed by atoms with Crippen molar-refractivity contribution in [3.8, 4) is 0 Å². The lowest BCUT2D eigenvalue weighted by Crippen LogP contribution is -2.56. The van der Waals surface area contributed by atoms with E-state index in [1.54, 1.807) is 13.0 Å². The maximum absolute atomic E-state index is 12.6. The molecule has 0 radical (unpaired) electrons. The van der Waals surface area contributed by atoms with Gasteiger partial charge in [-0.1, -0.05) is 19.4 Å². The molecule has 0 spiro atoms. The first kappa shape index (κ1) is 19.4. The second-order valence-corrected chi connectivity index (χ2v) is 8.93. The summed E-state index contributed by atoms with van der Waals surface area (Å²) in [6.45, 7) is 3.73. The number of carboxylic acids is 1. The van der Waals surface area contributed by atoms with Gasteiger partial charge >= 0.3 is 5.97 Å². The minimum atomic E-state index is -3.46. The highest BCUT2D eigenvalue weighted by molar-refractivity contribution is 7.90. The van der Waals surface area contributed by atoms with Gasteiger partial charge in [-0.15, -0.1) is 0 Å². The number of hydrogen-bond acceptors (Lipinski definition) is 4. The van der Waals surface area contributed by atoms with E-state index in [0.29, 0.717) is 24.3 Å². The van der Waals surface area contributed by atoms with Crippen molar-refractivity contribution >= 4 is 21.7 Å². The third-order valence-electron chi connectivity index (χ3n) is 5.15. The predicted octanol–water partition coefficient (Wildman–Crippen LogP) is 2.55. The van der Waals surface area contributed by atoms with Gasteiger partial charge in [-0.3, -0.25) is 4.79 Å². The minimum Gasteiger partial charge on any atom is -0.480 e. The number of carbonyl (C=O) groups excluding carboxylic acids is 1. The van der Waals surface area contributed by atoms with E-state index in [2.05, 4.69) is 12.2 Å². The summed E-state index contributed by atoms with van der Waals surface area (Å²) >= 11 is 0. The first-order valence-electron chi connectivity index (χ1n) is 8.45. The van der Waals surface area contributed by atoms with Crippen LogP contribution in [0.15, 0.2) is 23.1 Å². The van der Waals surface area contributed by atoms with Gasteiger partial charge in [0.05, 0.1) is 4.90 Å². The minimum absolute atomic E-state index is 0.0826. The molecular weight excluding hydrogens is 342 g/mol. The van der Waals surface area contributed by atoms with E-state index >= 15 is 0 Å². The van der Waals surface area contributed by atoms with Gasteiger partial charge in [0.2, 0.25) is 0 Å². The molecule has 1 aromatic carbocycles. The maximum atomic E-state index is 12.6. The average Bonchev–Trinajstić information content (AvgIpc) is 2.54. The summed E-state index contributed by atoms with van der Waals surface area (Å²) in [5.41, 5.74) is -0.571. The molecule has 0 saturated heterocycles. The Kier molecular flexibility index (Phi) is 5.56. The molecule has 25 heavy (non-hydrogen) atoms. The molecule has 2 rings (SSSR count). The summed E-state index contributed by atoms with van der Waals surface area (Å²) < 4.78 is 23.7. The smallest absolute Gasteiger partial charge is 0.329 e. The molecule has 0 atom stereocenters. The molecule has 0 aliphatic heterocycles. The summed E-state index contributed by atoms with van der Waals surface area (Å²) in [5, 5.41) is 12.3. The highest BCUT2D eigenvalue weighted by Crippen LogP contribution is 2.34. The van der Waals surface area contributed by atoms with Crippen molar-refractivity contribution in [2.75, 3.05) is 6.26 Å². The van der Waals surface area contributed by atoms with E-state index in [-0.39, 0.29) is 10.5 Å². The van der Waals surface area contributed by atoms with Crippen molar-refractivity contribution in [3.63, 3.8) is 0 Å². The van der Waals surface area contributed by atoms with Crippen molar-refractivity contribution < 1.29 is 23.1 Å². The van der Waals surface area contributed by atoms with Crippen LogP contribution in [0.25, 0.3) is 0 Å². The number of rotatable bonds is 5. The molecule has 138 valence electrons. The zero-order chi connectivity index (χ0) is 18.8. The molecule has 1 aromatic rings. The lowest BCUT2D eigenvalue weighted by Gasteiger charge is -2.37. The molecule has 0 aromatic heterocycles. The highest BCUT2D eigenvalue weighted by Gasteiger charge is 2.43. The Morgan fingerprint density at radius 1 is 1.28 bits per heavy atom. The summed E-state index contributed by atoms with van der Waals surface area (Å²) in [6, 6.07) is 4.40. The summed E-state index contributed by atoms with van der Waals surface area (Å²) in [5.74, 6) is -1.10. The van der Waals surface area contributed by atoms with E-state index in [4.69, 9.17) is 0 Å². The number of carbonyl (C=O) groups is 2. The third kappa shape index (κ3) is 4.21. The van der Waals surface area contributed by atoms with Crippen LogP contribution in [0.3, 0.4) is 0 Å². The van der Waals surface area contributed by atoms with Gasteiger partial charge in [0.25, 0.3) is 5.91 Å². The fourth-order valence-electron chi connectivity index (χ4n) is 3.40. The average molecular weight is 367 g/mol. The fourth-order valence-corrected chi connectivity index (χ4v) is 4.40. The van der Waals surface area contributed by atoms with Crippen LogP contribution in [0.2, 0.25) is 0 Å². The van der Waals surface area contributed by atoms with Crippen molar-refractivity contribution in [2.45, 2.75) is 56.4 Å². The summed E-state index contributed by atoms with van der Waals surface area (Å²) in [6.07, 6.45) is 4.37. The fraction of sp³-hybridized carbons (Fsp3) is 0.556. The standard InChI is InChI=1S/C18H25NO5S/c1-4-13-7-9-18(10-8-13,17(21)22)19-16(20)14-6-5-12(2)15(11-14)25(3,23)24/h5-6,11,13H,4,7-10H2,1-3H3,(H,19,20)(H,21,22). The molecule has 2 N–H and O–H groups in total. The molecular formula is C18H25NO5S. The number of benzene rings is 1. The molecule has 0 unspecified atom stereocenters. The van der Waals surface area contributed by atoms with Crippen LogP contribution in [0.1, 0.15) is 54.9 Å². The van der Waals surface area contributed by atoms with E-state index in [1.807, 2.05) is 0 Å². The van der Waals surface area contributed by atoms with Gasteiger partial charge < -0.3 is 10.4 Å². The van der Waals surface area contributed by atoms with Gasteiger partial charge in [-0.2, -0.15) is 0 Å². The normalized spacial score (nSPS) is 23.9. The number of sulfone groups is 1. The Hall–Kier alpha value is -1.89. The number of amides is 1. The second-order valence-electron chi connectivity index (χ2n) is 6.95. The Morgan fingerprint density at radius 3 is 2.36 bits per heavy atom. The Labute approximate surface area is 148 Å². The van der Waals surface area contributed by atoms with Crippen molar-refractivity contribution in [3.05, 3.63) is 29.3 Å². The molecule has 1 amide bonds. The first-order valence-corrected chi connectivity index (χ1v) is 10.3. The highest BCUT2D eigenvalue weighted by atomic mass is 32.2. The van der Waals surface area contributed by atoms with E-state index in [9.17, 15) is 23.1 Å². The molecule has 1 fully saturated rings. The Morgan fingerprint density at radius 2 is 1.88 bits per heavy atom. The van der Waals surface area contributed by atoms with Crippen LogP contribution in [-0.2, 0) is 14.6 Å². The van der Waals surface area contributed by atoms with E-state index in [0.717, 1.165) is 25.5 Å². The Bertz CT molecular complexity index is 777. The number of hydrogen-bond donors (Lipinski definition) is 2. The quantitative estimate of drug-likeness (QED) is 0.833. The number of aliphatic carboxylic acids is 1. The zero-order valence-corrected chi connectivity index (χ0v) is 15.6. The van der Waals surface area contributed by atoms with Gasteiger partial charge in [-0.25, -0.2) is 13.2 Å². The van der Waals surface area contributed by atoms with E-state index < -0.39 is 27.3 Å². The number of nitrogens with one attached hydrogen (secondary N) is 1. The molecule has 0 heterocycles. The first-order chi connectivity index (χ1) is 11.6. The molecule has 1 saturated carbocycles. The van der Waals surface area contributed by atoms with Crippen LogP contribution in [0, 0.1) is 12.8 Å².